The van der Waals surface area contributed by atoms with Crippen molar-refractivity contribution in [3.05, 3.63) is 71.2 Å². The van der Waals surface area contributed by atoms with Crippen LogP contribution in [0.3, 0.4) is 0 Å². The molecule has 0 saturated heterocycles. The van der Waals surface area contributed by atoms with Crippen molar-refractivity contribution in [2.45, 2.75) is 25.2 Å². The van der Waals surface area contributed by atoms with Crippen LogP contribution in [0.1, 0.15) is 27.2 Å². The van der Waals surface area contributed by atoms with Gasteiger partial charge >= 0.3 is 0 Å². The molecule has 3 aromatic rings. The number of furan rings is 1. The first kappa shape index (κ1) is 20.0. The largest absolute Gasteiger partial charge is 0.496 e. The van der Waals surface area contributed by atoms with Crippen LogP contribution in [0, 0.1) is 13.8 Å². The Balaban J connectivity index is 1.59. The first-order valence-electron chi connectivity index (χ1n) is 9.46. The number of amides is 1. The van der Waals surface area contributed by atoms with Gasteiger partial charge in [0.25, 0.3) is 15.9 Å². The number of rotatable bonds is 5. The molecule has 0 saturated carbocycles. The van der Waals surface area contributed by atoms with E-state index in [2.05, 4.69) is 4.72 Å². The zero-order valence-corrected chi connectivity index (χ0v) is 17.7. The highest BCUT2D eigenvalue weighted by atomic mass is 32.2. The highest BCUT2D eigenvalue weighted by Crippen LogP contribution is 2.33. The molecule has 1 N–H and O–H groups in total. The zero-order chi connectivity index (χ0) is 21.5. The number of benzene rings is 2. The molecule has 1 amide bonds. The smallest absolute Gasteiger partial charge is 0.293 e. The van der Waals surface area contributed by atoms with Gasteiger partial charge in [0.15, 0.2) is 5.76 Å². The molecule has 4 rings (SSSR count). The predicted octanol–water partition coefficient (Wildman–Crippen LogP) is 3.91. The number of sulfonamides is 1. The molecule has 7 nitrogen and oxygen atoms in total. The van der Waals surface area contributed by atoms with E-state index in [0.29, 0.717) is 24.4 Å². The van der Waals surface area contributed by atoms with Crippen molar-refractivity contribution in [2.24, 2.45) is 0 Å². The lowest BCUT2D eigenvalue weighted by atomic mass is 10.1. The number of methoxy groups -OCH3 is 1. The predicted molar refractivity (Wildman–Crippen MR) is 114 cm³/mol. The van der Waals surface area contributed by atoms with Crippen molar-refractivity contribution in [2.75, 3.05) is 23.3 Å². The quantitative estimate of drug-likeness (QED) is 0.668. The lowest BCUT2D eigenvalue weighted by Gasteiger charge is -2.16. The van der Waals surface area contributed by atoms with E-state index >= 15 is 0 Å². The van der Waals surface area contributed by atoms with Gasteiger partial charge in [-0.1, -0.05) is 0 Å². The highest BCUT2D eigenvalue weighted by molar-refractivity contribution is 7.92. The second kappa shape index (κ2) is 7.53. The lowest BCUT2D eigenvalue weighted by molar-refractivity contribution is 0.0963. The summed E-state index contributed by atoms with van der Waals surface area (Å²) in [4.78, 5) is 14.4. The fourth-order valence-electron chi connectivity index (χ4n) is 3.81. The van der Waals surface area contributed by atoms with Gasteiger partial charge in [-0.15, -0.1) is 0 Å². The molecule has 0 bridgehead atoms. The molecule has 1 aliphatic rings. The van der Waals surface area contributed by atoms with E-state index in [0.717, 1.165) is 22.4 Å². The average molecular weight is 426 g/mol. The van der Waals surface area contributed by atoms with Crippen LogP contribution in [-0.2, 0) is 16.4 Å². The van der Waals surface area contributed by atoms with Crippen molar-refractivity contribution in [1.82, 2.24) is 0 Å². The van der Waals surface area contributed by atoms with E-state index in [1.807, 2.05) is 13.8 Å². The molecule has 8 heteroatoms. The van der Waals surface area contributed by atoms with E-state index < -0.39 is 10.0 Å². The Bertz CT molecular complexity index is 1190. The molecule has 0 unspecified atom stereocenters. The standard InChI is InChI=1S/C22H22N2O5S/c1-14-11-18(12-15(2)21(14)28-3)30(26,27)23-17-6-7-19-16(13-17)8-9-24(19)22(25)20-5-4-10-29-20/h4-7,10-13,23H,8-9H2,1-3H3. The van der Waals surface area contributed by atoms with Gasteiger partial charge in [0.2, 0.25) is 0 Å². The third-order valence-electron chi connectivity index (χ3n) is 5.15. The van der Waals surface area contributed by atoms with E-state index in [-0.39, 0.29) is 16.6 Å². The van der Waals surface area contributed by atoms with Gasteiger partial charge in [0.1, 0.15) is 5.75 Å². The summed E-state index contributed by atoms with van der Waals surface area (Å²) >= 11 is 0. The van der Waals surface area contributed by atoms with Crippen LogP contribution >= 0.6 is 0 Å². The average Bonchev–Trinajstić information content (AvgIpc) is 3.37. The third kappa shape index (κ3) is 3.54. The number of carbonyl (C=O) groups is 1. The Labute approximate surface area is 175 Å². The van der Waals surface area contributed by atoms with E-state index in [4.69, 9.17) is 9.15 Å². The SMILES string of the molecule is COc1c(C)cc(S(=O)(=O)Nc2ccc3c(c2)CCN3C(=O)c2ccco2)cc1C. The Morgan fingerprint density at radius 3 is 2.50 bits per heavy atom. The van der Waals surface area contributed by atoms with Crippen LogP contribution in [0.5, 0.6) is 5.75 Å². The van der Waals surface area contributed by atoms with Gasteiger partial charge < -0.3 is 14.1 Å². The van der Waals surface area contributed by atoms with Crippen LogP contribution in [-0.4, -0.2) is 28.0 Å². The molecular weight excluding hydrogens is 404 g/mol. The maximum Gasteiger partial charge on any atom is 0.293 e. The minimum atomic E-state index is -3.77. The Hall–Kier alpha value is -3.26. The molecule has 0 fully saturated rings. The van der Waals surface area contributed by atoms with Gasteiger partial charge in [0, 0.05) is 17.9 Å². The summed E-state index contributed by atoms with van der Waals surface area (Å²) in [6.45, 7) is 4.14. The molecule has 0 spiro atoms. The van der Waals surface area contributed by atoms with Crippen molar-refractivity contribution in [1.29, 1.82) is 0 Å². The number of nitrogens with zero attached hydrogens (tertiary/aromatic N) is 1. The fourth-order valence-corrected chi connectivity index (χ4v) is 5.03. The minimum absolute atomic E-state index is 0.174. The van der Waals surface area contributed by atoms with Crippen molar-refractivity contribution in [3.8, 4) is 5.75 Å². The molecule has 156 valence electrons. The normalized spacial score (nSPS) is 13.2. The number of hydrogen-bond acceptors (Lipinski definition) is 5. The molecule has 0 aliphatic carbocycles. The van der Waals surface area contributed by atoms with Crippen molar-refractivity contribution in [3.63, 3.8) is 0 Å². The molecule has 1 aromatic heterocycles. The van der Waals surface area contributed by atoms with E-state index in [1.165, 1.54) is 6.26 Å². The maximum absolute atomic E-state index is 12.9. The summed E-state index contributed by atoms with van der Waals surface area (Å²) in [5, 5.41) is 0. The number of anilines is 2. The van der Waals surface area contributed by atoms with Crippen LogP contribution in [0.4, 0.5) is 11.4 Å². The van der Waals surface area contributed by atoms with Crippen LogP contribution in [0.15, 0.2) is 58.0 Å². The van der Waals surface area contributed by atoms with E-state index in [1.54, 1.807) is 54.5 Å². The molecule has 30 heavy (non-hydrogen) atoms. The van der Waals surface area contributed by atoms with Crippen molar-refractivity contribution < 1.29 is 22.4 Å². The van der Waals surface area contributed by atoms with Gasteiger partial charge in [0.05, 0.1) is 18.3 Å². The molecule has 2 heterocycles. The lowest BCUT2D eigenvalue weighted by Crippen LogP contribution is -2.28. The summed E-state index contributed by atoms with van der Waals surface area (Å²) in [6.07, 6.45) is 2.10. The summed E-state index contributed by atoms with van der Waals surface area (Å²) < 4.78 is 39.0. The monoisotopic (exact) mass is 426 g/mol. The summed E-state index contributed by atoms with van der Waals surface area (Å²) in [6, 6.07) is 11.7. The number of aryl methyl sites for hydroxylation is 2. The number of carbonyl (C=O) groups excluding carboxylic acids is 1. The first-order chi connectivity index (χ1) is 14.3. The Kier molecular flexibility index (Phi) is 5.03. The van der Waals surface area contributed by atoms with Gasteiger partial charge in [-0.2, -0.15) is 0 Å². The van der Waals surface area contributed by atoms with Crippen LogP contribution in [0.25, 0.3) is 0 Å². The number of nitrogens with one attached hydrogen (secondary N) is 1. The molecular formula is C22H22N2O5S. The molecule has 2 aromatic carbocycles. The molecule has 1 aliphatic heterocycles. The second-order valence-corrected chi connectivity index (χ2v) is 8.91. The Morgan fingerprint density at radius 1 is 1.13 bits per heavy atom. The van der Waals surface area contributed by atoms with Gasteiger partial charge in [-0.25, -0.2) is 8.42 Å². The van der Waals surface area contributed by atoms with Crippen LogP contribution < -0.4 is 14.4 Å². The maximum atomic E-state index is 12.9. The van der Waals surface area contributed by atoms with Crippen molar-refractivity contribution >= 4 is 27.3 Å². The highest BCUT2D eigenvalue weighted by Gasteiger charge is 2.27. The topological polar surface area (TPSA) is 88.9 Å². The fraction of sp³-hybridized carbons (Fsp3) is 0.227. The Morgan fingerprint density at radius 2 is 1.87 bits per heavy atom. The number of fused-ring (bicyclic) bond motifs is 1. The van der Waals surface area contributed by atoms with Gasteiger partial charge in [-0.3, -0.25) is 9.52 Å². The summed E-state index contributed by atoms with van der Waals surface area (Å²) in [5.41, 5.74) is 3.61. The molecule has 0 atom stereocenters. The first-order valence-corrected chi connectivity index (χ1v) is 10.9. The number of hydrogen-bond donors (Lipinski definition) is 1. The number of ether oxygens (including phenoxy) is 1. The summed E-state index contributed by atoms with van der Waals surface area (Å²) in [5.74, 6) is 0.738. The molecule has 0 radical (unpaired) electrons. The minimum Gasteiger partial charge on any atom is -0.496 e. The summed E-state index contributed by atoms with van der Waals surface area (Å²) in [7, 11) is -2.21. The second-order valence-electron chi connectivity index (χ2n) is 7.22. The third-order valence-corrected chi connectivity index (χ3v) is 6.51. The van der Waals surface area contributed by atoms with Gasteiger partial charge in [-0.05, 0) is 79.4 Å². The zero-order valence-electron chi connectivity index (χ0n) is 16.9. The van der Waals surface area contributed by atoms with Crippen LogP contribution in [0.2, 0.25) is 0 Å². The van der Waals surface area contributed by atoms with E-state index in [9.17, 15) is 13.2 Å².